The van der Waals surface area contributed by atoms with E-state index in [-0.39, 0.29) is 17.9 Å². The van der Waals surface area contributed by atoms with E-state index in [2.05, 4.69) is 17.1 Å². The van der Waals surface area contributed by atoms with Crippen LogP contribution in [0.5, 0.6) is 0 Å². The van der Waals surface area contributed by atoms with Gasteiger partial charge in [-0.2, -0.15) is 0 Å². The van der Waals surface area contributed by atoms with Gasteiger partial charge in [0, 0.05) is 44.2 Å². The zero-order valence-corrected chi connectivity index (χ0v) is 13.4. The summed E-state index contributed by atoms with van der Waals surface area (Å²) in [5, 5.41) is 2.89. The Bertz CT molecular complexity index is 496. The van der Waals surface area contributed by atoms with E-state index >= 15 is 0 Å². The highest BCUT2D eigenvalue weighted by Gasteiger charge is 2.22. The van der Waals surface area contributed by atoms with Crippen molar-refractivity contribution in [1.82, 2.24) is 15.1 Å². The topological polar surface area (TPSA) is 52.6 Å². The molecule has 120 valence electrons. The van der Waals surface area contributed by atoms with Crippen molar-refractivity contribution >= 4 is 11.8 Å². The van der Waals surface area contributed by atoms with Crippen LogP contribution >= 0.6 is 0 Å². The summed E-state index contributed by atoms with van der Waals surface area (Å²) in [7, 11) is 0. The number of amides is 2. The monoisotopic (exact) mass is 303 g/mol. The number of benzene rings is 1. The fourth-order valence-electron chi connectivity index (χ4n) is 2.65. The van der Waals surface area contributed by atoms with E-state index in [1.54, 1.807) is 12.1 Å². The van der Waals surface area contributed by atoms with Crippen molar-refractivity contribution < 1.29 is 9.59 Å². The highest BCUT2D eigenvalue weighted by molar-refractivity contribution is 5.94. The zero-order chi connectivity index (χ0) is 15.9. The molecule has 0 aliphatic carbocycles. The first-order valence-electron chi connectivity index (χ1n) is 7.96. The molecule has 2 amide bonds. The molecule has 1 aromatic rings. The second-order valence-electron chi connectivity index (χ2n) is 5.76. The predicted molar refractivity (Wildman–Crippen MR) is 86.7 cm³/mol. The molecular weight excluding hydrogens is 278 g/mol. The molecule has 0 saturated carbocycles. The summed E-state index contributed by atoms with van der Waals surface area (Å²) in [6, 6.07) is 8.92. The Labute approximate surface area is 132 Å². The minimum atomic E-state index is -0.163. The molecule has 1 aliphatic heterocycles. The van der Waals surface area contributed by atoms with Gasteiger partial charge in [0.1, 0.15) is 0 Å². The molecule has 0 spiro atoms. The molecule has 1 N–H and O–H groups in total. The van der Waals surface area contributed by atoms with E-state index in [0.29, 0.717) is 12.0 Å². The predicted octanol–water partition coefficient (Wildman–Crippen LogP) is 1.36. The molecule has 1 aliphatic rings. The lowest BCUT2D eigenvalue weighted by Gasteiger charge is -2.34. The van der Waals surface area contributed by atoms with Crippen LogP contribution < -0.4 is 5.32 Å². The molecule has 0 bridgehead atoms. The molecule has 0 aromatic heterocycles. The summed E-state index contributed by atoms with van der Waals surface area (Å²) in [6.45, 7) is 8.49. The largest absolute Gasteiger partial charge is 0.349 e. The minimum Gasteiger partial charge on any atom is -0.349 e. The van der Waals surface area contributed by atoms with Crippen molar-refractivity contribution in [1.29, 1.82) is 0 Å². The molecule has 1 aromatic carbocycles. The normalized spacial score (nSPS) is 17.1. The molecule has 1 atom stereocenters. The number of hydrogen-bond acceptors (Lipinski definition) is 3. The number of carbonyl (C=O) groups is 2. The number of piperazine rings is 1. The van der Waals surface area contributed by atoms with Crippen LogP contribution in [0.4, 0.5) is 0 Å². The van der Waals surface area contributed by atoms with E-state index in [9.17, 15) is 9.59 Å². The van der Waals surface area contributed by atoms with Gasteiger partial charge in [-0.05, 0) is 25.6 Å². The van der Waals surface area contributed by atoms with Gasteiger partial charge in [0.05, 0.1) is 0 Å². The first-order valence-corrected chi connectivity index (χ1v) is 7.96. The standard InChI is InChI=1S/C17H25N3O2/c1-3-19-9-11-20(12-10-19)16(21)13-14(2)18-17(22)15-7-5-4-6-8-15/h4-8,14H,3,9-13H2,1-2H3,(H,18,22). The van der Waals surface area contributed by atoms with Gasteiger partial charge in [0.25, 0.3) is 5.91 Å². The summed E-state index contributed by atoms with van der Waals surface area (Å²) in [6.07, 6.45) is 0.352. The number of rotatable bonds is 5. The summed E-state index contributed by atoms with van der Waals surface area (Å²) in [5.74, 6) is -0.00619. The fraction of sp³-hybridized carbons (Fsp3) is 0.529. The molecule has 1 heterocycles. The van der Waals surface area contributed by atoms with E-state index in [1.807, 2.05) is 30.0 Å². The van der Waals surface area contributed by atoms with Gasteiger partial charge in [0.2, 0.25) is 5.91 Å². The first-order chi connectivity index (χ1) is 10.6. The third-order valence-corrected chi connectivity index (χ3v) is 4.07. The van der Waals surface area contributed by atoms with E-state index in [0.717, 1.165) is 32.7 Å². The highest BCUT2D eigenvalue weighted by Crippen LogP contribution is 2.06. The molecule has 1 unspecified atom stereocenters. The number of carbonyl (C=O) groups excluding carboxylic acids is 2. The number of hydrogen-bond donors (Lipinski definition) is 1. The van der Waals surface area contributed by atoms with Gasteiger partial charge in [-0.15, -0.1) is 0 Å². The Morgan fingerprint density at radius 3 is 2.36 bits per heavy atom. The maximum absolute atomic E-state index is 12.3. The number of nitrogens with one attached hydrogen (secondary N) is 1. The maximum Gasteiger partial charge on any atom is 0.251 e. The molecule has 22 heavy (non-hydrogen) atoms. The van der Waals surface area contributed by atoms with Crippen molar-refractivity contribution in [3.8, 4) is 0 Å². The van der Waals surface area contributed by atoms with Crippen LogP contribution in [0.15, 0.2) is 30.3 Å². The Morgan fingerprint density at radius 2 is 1.77 bits per heavy atom. The maximum atomic E-state index is 12.3. The van der Waals surface area contributed by atoms with Gasteiger partial charge in [0.15, 0.2) is 0 Å². The van der Waals surface area contributed by atoms with E-state index < -0.39 is 0 Å². The lowest BCUT2D eigenvalue weighted by Crippen LogP contribution is -2.49. The van der Waals surface area contributed by atoms with E-state index in [4.69, 9.17) is 0 Å². The lowest BCUT2D eigenvalue weighted by molar-refractivity contribution is -0.133. The van der Waals surface area contributed by atoms with Crippen LogP contribution in [0, 0.1) is 0 Å². The quantitative estimate of drug-likeness (QED) is 0.893. The fourth-order valence-corrected chi connectivity index (χ4v) is 2.65. The summed E-state index contributed by atoms with van der Waals surface area (Å²) >= 11 is 0. The average Bonchev–Trinajstić information content (AvgIpc) is 2.55. The average molecular weight is 303 g/mol. The van der Waals surface area contributed by atoms with Crippen molar-refractivity contribution in [3.63, 3.8) is 0 Å². The van der Waals surface area contributed by atoms with Crippen LogP contribution in [0.3, 0.4) is 0 Å². The van der Waals surface area contributed by atoms with Crippen molar-refractivity contribution in [3.05, 3.63) is 35.9 Å². The Balaban J connectivity index is 1.78. The SMILES string of the molecule is CCN1CCN(C(=O)CC(C)NC(=O)c2ccccc2)CC1. The summed E-state index contributed by atoms with van der Waals surface area (Å²) < 4.78 is 0. The zero-order valence-electron chi connectivity index (χ0n) is 13.4. The first kappa shape index (κ1) is 16.5. The van der Waals surface area contributed by atoms with Gasteiger partial charge in [-0.3, -0.25) is 9.59 Å². The third-order valence-electron chi connectivity index (χ3n) is 4.07. The molecule has 1 saturated heterocycles. The molecule has 5 heteroatoms. The van der Waals surface area contributed by atoms with Gasteiger partial charge in [-0.25, -0.2) is 0 Å². The third kappa shape index (κ3) is 4.56. The van der Waals surface area contributed by atoms with E-state index in [1.165, 1.54) is 0 Å². The van der Waals surface area contributed by atoms with Crippen molar-refractivity contribution in [2.24, 2.45) is 0 Å². The van der Waals surface area contributed by atoms with Crippen LogP contribution in [-0.4, -0.2) is 60.4 Å². The second kappa shape index (κ2) is 7.94. The van der Waals surface area contributed by atoms with Crippen molar-refractivity contribution in [2.75, 3.05) is 32.7 Å². The Hall–Kier alpha value is -1.88. The summed E-state index contributed by atoms with van der Waals surface area (Å²) in [4.78, 5) is 28.6. The summed E-state index contributed by atoms with van der Waals surface area (Å²) in [5.41, 5.74) is 0.623. The van der Waals surface area contributed by atoms with Crippen LogP contribution in [-0.2, 0) is 4.79 Å². The Kier molecular flexibility index (Phi) is 5.95. The van der Waals surface area contributed by atoms with Crippen LogP contribution in [0.25, 0.3) is 0 Å². The minimum absolute atomic E-state index is 0.122. The van der Waals surface area contributed by atoms with Gasteiger partial charge in [-0.1, -0.05) is 25.1 Å². The molecule has 1 fully saturated rings. The Morgan fingerprint density at radius 1 is 1.14 bits per heavy atom. The smallest absolute Gasteiger partial charge is 0.251 e. The molecule has 0 radical (unpaired) electrons. The lowest BCUT2D eigenvalue weighted by atomic mass is 10.1. The van der Waals surface area contributed by atoms with Crippen LogP contribution in [0.2, 0.25) is 0 Å². The number of likely N-dealkylation sites (N-methyl/N-ethyl adjacent to an activating group) is 1. The second-order valence-corrected chi connectivity index (χ2v) is 5.76. The van der Waals surface area contributed by atoms with Crippen molar-refractivity contribution in [2.45, 2.75) is 26.3 Å². The molecule has 5 nitrogen and oxygen atoms in total. The highest BCUT2D eigenvalue weighted by atomic mass is 16.2. The molecular formula is C17H25N3O2. The van der Waals surface area contributed by atoms with Crippen LogP contribution in [0.1, 0.15) is 30.6 Å². The van der Waals surface area contributed by atoms with Gasteiger partial charge >= 0.3 is 0 Å². The number of nitrogens with zero attached hydrogens (tertiary/aromatic N) is 2. The molecule has 2 rings (SSSR count). The van der Waals surface area contributed by atoms with Gasteiger partial charge < -0.3 is 15.1 Å².